The molecule has 4 heteroatoms. The van der Waals surface area contributed by atoms with Gasteiger partial charge in [0.2, 0.25) is 0 Å². The van der Waals surface area contributed by atoms with Crippen molar-refractivity contribution < 1.29 is 0 Å². The lowest BCUT2D eigenvalue weighted by Crippen LogP contribution is -2.39. The largest absolute Gasteiger partial charge is 0.312 e. The summed E-state index contributed by atoms with van der Waals surface area (Å²) in [7, 11) is 0. The molecule has 1 unspecified atom stereocenters. The maximum absolute atomic E-state index is 4.35. The molecule has 1 aromatic rings. The summed E-state index contributed by atoms with van der Waals surface area (Å²) in [5.74, 6) is 1.74. The van der Waals surface area contributed by atoms with E-state index in [0.29, 0.717) is 5.92 Å². The third kappa shape index (κ3) is 7.06. The van der Waals surface area contributed by atoms with Gasteiger partial charge in [-0.1, -0.05) is 6.92 Å². The monoisotopic (exact) mass is 316 g/mol. The SMILES string of the molecule is CC(CNC(C)(C)C)CSc1ccc(Br)cn1. The normalized spacial score (nSPS) is 13.7. The Hall–Kier alpha value is -0.0600. The number of nitrogens with one attached hydrogen (secondary N) is 1. The molecule has 0 aliphatic carbocycles. The number of rotatable bonds is 5. The van der Waals surface area contributed by atoms with Crippen LogP contribution in [0.4, 0.5) is 0 Å². The van der Waals surface area contributed by atoms with E-state index in [1.54, 1.807) is 0 Å². The lowest BCUT2D eigenvalue weighted by molar-refractivity contribution is 0.395. The minimum atomic E-state index is 0.203. The molecule has 0 aliphatic heterocycles. The average molecular weight is 317 g/mol. The molecule has 0 amide bonds. The zero-order chi connectivity index (χ0) is 12.9. The van der Waals surface area contributed by atoms with Crippen LogP contribution >= 0.6 is 27.7 Å². The van der Waals surface area contributed by atoms with Gasteiger partial charge in [0.05, 0.1) is 5.03 Å². The topological polar surface area (TPSA) is 24.9 Å². The summed E-state index contributed by atoms with van der Waals surface area (Å²) in [6.45, 7) is 9.91. The van der Waals surface area contributed by atoms with Crippen LogP contribution in [0, 0.1) is 5.92 Å². The van der Waals surface area contributed by atoms with Crippen LogP contribution in [-0.4, -0.2) is 22.8 Å². The summed E-state index contributed by atoms with van der Waals surface area (Å²) in [5, 5.41) is 4.62. The van der Waals surface area contributed by atoms with Crippen LogP contribution in [0.1, 0.15) is 27.7 Å². The van der Waals surface area contributed by atoms with Gasteiger partial charge in [-0.2, -0.15) is 0 Å². The summed E-state index contributed by atoms with van der Waals surface area (Å²) in [6.07, 6.45) is 1.85. The zero-order valence-electron chi connectivity index (χ0n) is 11.0. The van der Waals surface area contributed by atoms with E-state index in [2.05, 4.69) is 60.0 Å². The van der Waals surface area contributed by atoms with Gasteiger partial charge in [0.15, 0.2) is 0 Å². The molecular formula is C13H21BrN2S. The molecule has 0 aliphatic rings. The van der Waals surface area contributed by atoms with Gasteiger partial charge in [-0.15, -0.1) is 11.8 Å². The van der Waals surface area contributed by atoms with Crippen molar-refractivity contribution in [3.63, 3.8) is 0 Å². The molecule has 0 spiro atoms. The van der Waals surface area contributed by atoms with E-state index in [1.807, 2.05) is 24.0 Å². The van der Waals surface area contributed by atoms with E-state index >= 15 is 0 Å². The highest BCUT2D eigenvalue weighted by Gasteiger charge is 2.11. The second kappa shape index (κ2) is 6.76. The standard InChI is InChI=1S/C13H21BrN2S/c1-10(7-16-13(2,3)4)9-17-12-6-5-11(14)8-15-12/h5-6,8,10,16H,7,9H2,1-4H3. The zero-order valence-corrected chi connectivity index (χ0v) is 13.4. The van der Waals surface area contributed by atoms with Crippen LogP contribution in [0.15, 0.2) is 27.8 Å². The fraction of sp³-hybridized carbons (Fsp3) is 0.615. The summed E-state index contributed by atoms with van der Waals surface area (Å²) in [5.41, 5.74) is 0.203. The van der Waals surface area contributed by atoms with Crippen molar-refractivity contribution in [2.45, 2.75) is 38.3 Å². The predicted molar refractivity (Wildman–Crippen MR) is 79.6 cm³/mol. The van der Waals surface area contributed by atoms with E-state index in [4.69, 9.17) is 0 Å². The first-order valence-electron chi connectivity index (χ1n) is 5.86. The second-order valence-corrected chi connectivity index (χ2v) is 7.32. The Morgan fingerprint density at radius 3 is 2.65 bits per heavy atom. The van der Waals surface area contributed by atoms with Crippen molar-refractivity contribution in [2.24, 2.45) is 5.92 Å². The Kier molecular flexibility index (Phi) is 5.97. The third-order valence-electron chi connectivity index (χ3n) is 2.20. The quantitative estimate of drug-likeness (QED) is 0.832. The number of thioether (sulfide) groups is 1. The third-order valence-corrected chi connectivity index (χ3v) is 3.94. The molecule has 17 heavy (non-hydrogen) atoms. The van der Waals surface area contributed by atoms with Crippen molar-refractivity contribution in [1.82, 2.24) is 10.3 Å². The highest BCUT2D eigenvalue weighted by atomic mass is 79.9. The Morgan fingerprint density at radius 1 is 1.41 bits per heavy atom. The fourth-order valence-electron chi connectivity index (χ4n) is 1.21. The van der Waals surface area contributed by atoms with Gasteiger partial charge in [-0.3, -0.25) is 0 Å². The van der Waals surface area contributed by atoms with Gasteiger partial charge in [-0.25, -0.2) is 4.98 Å². The van der Waals surface area contributed by atoms with E-state index < -0.39 is 0 Å². The Bertz CT molecular complexity index is 332. The fourth-order valence-corrected chi connectivity index (χ4v) is 2.31. The molecule has 1 heterocycles. The Labute approximate surface area is 117 Å². The van der Waals surface area contributed by atoms with Crippen molar-refractivity contribution in [2.75, 3.05) is 12.3 Å². The Balaban J connectivity index is 2.28. The maximum Gasteiger partial charge on any atom is 0.0960 e. The van der Waals surface area contributed by atoms with Crippen molar-refractivity contribution in [1.29, 1.82) is 0 Å². The smallest absolute Gasteiger partial charge is 0.0960 e. The van der Waals surface area contributed by atoms with Crippen molar-refractivity contribution in [3.05, 3.63) is 22.8 Å². The van der Waals surface area contributed by atoms with Crippen LogP contribution in [0.2, 0.25) is 0 Å². The average Bonchev–Trinajstić information content (AvgIpc) is 2.25. The molecule has 0 radical (unpaired) electrons. The van der Waals surface area contributed by atoms with Gasteiger partial charge in [0, 0.05) is 22.0 Å². The highest BCUT2D eigenvalue weighted by molar-refractivity contribution is 9.10. The number of pyridine rings is 1. The number of hydrogen-bond donors (Lipinski definition) is 1. The molecule has 1 aromatic heterocycles. The first-order chi connectivity index (χ1) is 7.87. The molecular weight excluding hydrogens is 296 g/mol. The van der Waals surface area contributed by atoms with E-state index in [9.17, 15) is 0 Å². The lowest BCUT2D eigenvalue weighted by Gasteiger charge is -2.23. The van der Waals surface area contributed by atoms with Gasteiger partial charge < -0.3 is 5.32 Å². The molecule has 1 rings (SSSR count). The van der Waals surface area contributed by atoms with Gasteiger partial charge >= 0.3 is 0 Å². The van der Waals surface area contributed by atoms with Crippen LogP contribution in [0.25, 0.3) is 0 Å². The van der Waals surface area contributed by atoms with E-state index in [0.717, 1.165) is 21.8 Å². The number of halogens is 1. The van der Waals surface area contributed by atoms with E-state index in [-0.39, 0.29) is 5.54 Å². The molecule has 0 fully saturated rings. The van der Waals surface area contributed by atoms with Gasteiger partial charge in [-0.05, 0) is 61.3 Å². The summed E-state index contributed by atoms with van der Waals surface area (Å²) in [4.78, 5) is 4.35. The maximum atomic E-state index is 4.35. The summed E-state index contributed by atoms with van der Waals surface area (Å²) < 4.78 is 1.03. The Morgan fingerprint density at radius 2 is 2.12 bits per heavy atom. The molecule has 0 bridgehead atoms. The lowest BCUT2D eigenvalue weighted by atomic mass is 10.1. The number of nitrogens with zero attached hydrogens (tertiary/aromatic N) is 1. The van der Waals surface area contributed by atoms with Crippen LogP contribution in [0.3, 0.4) is 0 Å². The molecule has 0 saturated heterocycles. The van der Waals surface area contributed by atoms with E-state index in [1.165, 1.54) is 0 Å². The van der Waals surface area contributed by atoms with Crippen LogP contribution in [-0.2, 0) is 0 Å². The van der Waals surface area contributed by atoms with Crippen molar-refractivity contribution >= 4 is 27.7 Å². The first kappa shape index (κ1) is 15.0. The molecule has 1 N–H and O–H groups in total. The minimum Gasteiger partial charge on any atom is -0.312 e. The first-order valence-corrected chi connectivity index (χ1v) is 7.64. The van der Waals surface area contributed by atoms with Crippen LogP contribution < -0.4 is 5.32 Å². The second-order valence-electron chi connectivity index (χ2n) is 5.36. The molecule has 0 aromatic carbocycles. The molecule has 96 valence electrons. The number of aromatic nitrogens is 1. The van der Waals surface area contributed by atoms with Crippen LogP contribution in [0.5, 0.6) is 0 Å². The highest BCUT2D eigenvalue weighted by Crippen LogP contribution is 2.20. The van der Waals surface area contributed by atoms with Crippen molar-refractivity contribution in [3.8, 4) is 0 Å². The molecule has 1 atom stereocenters. The van der Waals surface area contributed by atoms with Gasteiger partial charge in [0.25, 0.3) is 0 Å². The summed E-state index contributed by atoms with van der Waals surface area (Å²) >= 11 is 5.21. The molecule has 0 saturated carbocycles. The number of hydrogen-bond acceptors (Lipinski definition) is 3. The van der Waals surface area contributed by atoms with Gasteiger partial charge in [0.1, 0.15) is 0 Å². The predicted octanol–water partition coefficient (Wildman–Crippen LogP) is 3.96. The summed E-state index contributed by atoms with van der Waals surface area (Å²) in [6, 6.07) is 4.09. The minimum absolute atomic E-state index is 0.203. The molecule has 2 nitrogen and oxygen atoms in total.